The zero-order valence-electron chi connectivity index (χ0n) is 12.7. The molecule has 2 heterocycles. The van der Waals surface area contributed by atoms with Crippen LogP contribution in [-0.4, -0.2) is 46.5 Å². The Labute approximate surface area is 128 Å². The van der Waals surface area contributed by atoms with Crippen LogP contribution in [0.15, 0.2) is 35.4 Å². The Morgan fingerprint density at radius 3 is 2.86 bits per heavy atom. The van der Waals surface area contributed by atoms with Crippen molar-refractivity contribution in [1.82, 2.24) is 19.8 Å². The molecule has 6 nitrogen and oxygen atoms in total. The predicted molar refractivity (Wildman–Crippen MR) is 84.7 cm³/mol. The van der Waals surface area contributed by atoms with E-state index in [2.05, 4.69) is 10.3 Å². The number of para-hydroxylation sites is 1. The molecule has 0 aliphatic carbocycles. The van der Waals surface area contributed by atoms with E-state index in [1.807, 2.05) is 13.1 Å². The number of hydrogen-bond donors (Lipinski definition) is 1. The van der Waals surface area contributed by atoms with Crippen molar-refractivity contribution in [2.24, 2.45) is 0 Å². The molecule has 2 aromatic rings. The molecule has 116 valence electrons. The molecule has 1 aromatic carbocycles. The summed E-state index contributed by atoms with van der Waals surface area (Å²) in [4.78, 5) is 30.8. The van der Waals surface area contributed by atoms with Crippen molar-refractivity contribution in [2.45, 2.75) is 25.4 Å². The van der Waals surface area contributed by atoms with Gasteiger partial charge in [0.15, 0.2) is 0 Å². The number of benzene rings is 1. The molecule has 1 N–H and O–H groups in total. The smallest absolute Gasteiger partial charge is 0.261 e. The van der Waals surface area contributed by atoms with Crippen molar-refractivity contribution in [2.75, 3.05) is 20.1 Å². The molecule has 3 rings (SSSR count). The van der Waals surface area contributed by atoms with E-state index in [0.717, 1.165) is 25.9 Å². The molecule has 1 amide bonds. The van der Waals surface area contributed by atoms with Gasteiger partial charge in [0.25, 0.3) is 5.56 Å². The summed E-state index contributed by atoms with van der Waals surface area (Å²) in [5.41, 5.74) is 0.487. The second kappa shape index (κ2) is 6.27. The second-order valence-corrected chi connectivity index (χ2v) is 5.68. The lowest BCUT2D eigenvalue weighted by atomic mass is 10.1. The summed E-state index contributed by atoms with van der Waals surface area (Å²) in [6.07, 6.45) is 3.36. The van der Waals surface area contributed by atoms with E-state index in [0.29, 0.717) is 10.9 Å². The molecule has 0 unspecified atom stereocenters. The Bertz CT molecular complexity index is 734. The first-order valence-electron chi connectivity index (χ1n) is 7.57. The van der Waals surface area contributed by atoms with Crippen molar-refractivity contribution < 1.29 is 4.79 Å². The molecular formula is C16H20N4O2. The Balaban J connectivity index is 1.79. The van der Waals surface area contributed by atoms with Crippen LogP contribution in [0.2, 0.25) is 0 Å². The summed E-state index contributed by atoms with van der Waals surface area (Å²) < 4.78 is 1.39. The number of piperidine rings is 1. The molecule has 0 spiro atoms. The summed E-state index contributed by atoms with van der Waals surface area (Å²) in [5, 5.41) is 3.83. The first-order valence-corrected chi connectivity index (χ1v) is 7.57. The average molecular weight is 300 g/mol. The van der Waals surface area contributed by atoms with E-state index in [1.54, 1.807) is 23.1 Å². The number of hydrogen-bond acceptors (Lipinski definition) is 4. The van der Waals surface area contributed by atoms with Gasteiger partial charge in [-0.15, -0.1) is 0 Å². The third kappa shape index (κ3) is 2.87. The Morgan fingerprint density at radius 1 is 1.36 bits per heavy atom. The van der Waals surface area contributed by atoms with Gasteiger partial charge >= 0.3 is 0 Å². The van der Waals surface area contributed by atoms with Gasteiger partial charge < -0.3 is 10.2 Å². The fourth-order valence-corrected chi connectivity index (χ4v) is 2.87. The maximum atomic E-state index is 12.4. The van der Waals surface area contributed by atoms with Crippen molar-refractivity contribution >= 4 is 16.8 Å². The number of fused-ring (bicyclic) bond motifs is 1. The molecule has 1 aromatic heterocycles. The fourth-order valence-electron chi connectivity index (χ4n) is 2.87. The van der Waals surface area contributed by atoms with Crippen LogP contribution in [0.3, 0.4) is 0 Å². The van der Waals surface area contributed by atoms with E-state index in [1.165, 1.54) is 10.9 Å². The normalized spacial score (nSPS) is 15.9. The van der Waals surface area contributed by atoms with Crippen molar-refractivity contribution in [3.63, 3.8) is 0 Å². The first kappa shape index (κ1) is 14.7. The highest BCUT2D eigenvalue weighted by Crippen LogP contribution is 2.11. The molecule has 0 bridgehead atoms. The molecule has 0 saturated carbocycles. The van der Waals surface area contributed by atoms with Crippen LogP contribution in [0.1, 0.15) is 12.8 Å². The van der Waals surface area contributed by atoms with Crippen LogP contribution < -0.4 is 10.9 Å². The van der Waals surface area contributed by atoms with Crippen LogP contribution in [0.25, 0.3) is 10.9 Å². The van der Waals surface area contributed by atoms with Gasteiger partial charge in [0.05, 0.1) is 17.2 Å². The molecule has 1 aliphatic rings. The second-order valence-electron chi connectivity index (χ2n) is 5.68. The quantitative estimate of drug-likeness (QED) is 0.902. The molecule has 1 fully saturated rings. The lowest BCUT2D eigenvalue weighted by Crippen LogP contribution is -2.45. The minimum absolute atomic E-state index is 0.0388. The molecule has 6 heteroatoms. The number of likely N-dealkylation sites (N-methyl/N-ethyl adjacent to an activating group) is 1. The fraction of sp³-hybridized carbons (Fsp3) is 0.438. The van der Waals surface area contributed by atoms with Gasteiger partial charge in [-0.1, -0.05) is 12.1 Å². The van der Waals surface area contributed by atoms with Gasteiger partial charge in [-0.05, 0) is 38.1 Å². The lowest BCUT2D eigenvalue weighted by molar-refractivity contribution is -0.133. The SMILES string of the molecule is CN(C(=O)Cn1cnc2ccccc2c1=O)C1CCNCC1. The van der Waals surface area contributed by atoms with Gasteiger partial charge in [0.1, 0.15) is 6.54 Å². The number of aromatic nitrogens is 2. The highest BCUT2D eigenvalue weighted by molar-refractivity contribution is 5.79. The number of carbonyl (C=O) groups excluding carboxylic acids is 1. The number of rotatable bonds is 3. The van der Waals surface area contributed by atoms with Crippen molar-refractivity contribution in [3.8, 4) is 0 Å². The van der Waals surface area contributed by atoms with Crippen molar-refractivity contribution in [3.05, 3.63) is 40.9 Å². The Morgan fingerprint density at radius 2 is 2.09 bits per heavy atom. The zero-order valence-corrected chi connectivity index (χ0v) is 12.7. The maximum Gasteiger partial charge on any atom is 0.261 e. The number of carbonyl (C=O) groups is 1. The summed E-state index contributed by atoms with van der Waals surface area (Å²) in [6.45, 7) is 1.90. The molecule has 0 atom stereocenters. The Hall–Kier alpha value is -2.21. The predicted octanol–water partition coefficient (Wildman–Crippen LogP) is 0.607. The van der Waals surface area contributed by atoms with E-state index >= 15 is 0 Å². The third-order valence-electron chi connectivity index (χ3n) is 4.29. The zero-order chi connectivity index (χ0) is 15.5. The number of nitrogens with zero attached hydrogens (tertiary/aromatic N) is 3. The van der Waals surface area contributed by atoms with Crippen LogP contribution in [0, 0.1) is 0 Å². The van der Waals surface area contributed by atoms with Crippen LogP contribution in [0.4, 0.5) is 0 Å². The van der Waals surface area contributed by atoms with Gasteiger partial charge in [-0.25, -0.2) is 4.98 Å². The third-order valence-corrected chi connectivity index (χ3v) is 4.29. The summed E-state index contributed by atoms with van der Waals surface area (Å²) in [5.74, 6) is -0.0499. The lowest BCUT2D eigenvalue weighted by Gasteiger charge is -2.31. The summed E-state index contributed by atoms with van der Waals surface area (Å²) in [7, 11) is 1.82. The van der Waals surface area contributed by atoms with Crippen molar-refractivity contribution in [1.29, 1.82) is 0 Å². The highest BCUT2D eigenvalue weighted by Gasteiger charge is 2.22. The topological polar surface area (TPSA) is 67.2 Å². The molecular weight excluding hydrogens is 280 g/mol. The highest BCUT2D eigenvalue weighted by atomic mass is 16.2. The van der Waals surface area contributed by atoms with Crippen LogP contribution >= 0.6 is 0 Å². The van der Waals surface area contributed by atoms with E-state index < -0.39 is 0 Å². The standard InChI is InChI=1S/C16H20N4O2/c1-19(12-6-8-17-9-7-12)15(21)10-20-11-18-14-5-3-2-4-13(14)16(20)22/h2-5,11-12,17H,6-10H2,1H3. The Kier molecular flexibility index (Phi) is 4.20. The van der Waals surface area contributed by atoms with Gasteiger partial charge in [-0.3, -0.25) is 14.2 Å². The molecule has 1 aliphatic heterocycles. The maximum absolute atomic E-state index is 12.4. The summed E-state index contributed by atoms with van der Waals surface area (Å²) in [6, 6.07) is 7.43. The molecule has 0 radical (unpaired) electrons. The van der Waals surface area contributed by atoms with E-state index in [4.69, 9.17) is 0 Å². The van der Waals surface area contributed by atoms with Gasteiger partial charge in [0.2, 0.25) is 5.91 Å². The molecule has 22 heavy (non-hydrogen) atoms. The number of nitrogens with one attached hydrogen (secondary N) is 1. The summed E-state index contributed by atoms with van der Waals surface area (Å²) >= 11 is 0. The van der Waals surface area contributed by atoms with E-state index in [9.17, 15) is 9.59 Å². The van der Waals surface area contributed by atoms with Gasteiger partial charge in [0, 0.05) is 13.1 Å². The minimum Gasteiger partial charge on any atom is -0.341 e. The largest absolute Gasteiger partial charge is 0.341 e. The first-order chi connectivity index (χ1) is 10.7. The number of amides is 1. The molecule has 1 saturated heterocycles. The minimum atomic E-state index is -0.169. The van der Waals surface area contributed by atoms with Gasteiger partial charge in [-0.2, -0.15) is 0 Å². The average Bonchev–Trinajstić information content (AvgIpc) is 2.57. The van der Waals surface area contributed by atoms with E-state index in [-0.39, 0.29) is 24.1 Å². The van der Waals surface area contributed by atoms with Crippen LogP contribution in [-0.2, 0) is 11.3 Å². The van der Waals surface area contributed by atoms with Crippen LogP contribution in [0.5, 0.6) is 0 Å². The monoisotopic (exact) mass is 300 g/mol.